The third-order valence-corrected chi connectivity index (χ3v) is 4.73. The minimum atomic E-state index is -0.461. The van der Waals surface area contributed by atoms with Crippen LogP contribution in [0.2, 0.25) is 0 Å². The number of halogens is 3. The molecule has 1 aliphatic heterocycles. The maximum absolute atomic E-state index is 11.8. The fraction of sp³-hybridized carbons (Fsp3) is 0.455. The first kappa shape index (κ1) is 15.2. The Morgan fingerprint density at radius 3 is 2.84 bits per heavy atom. The molecule has 1 N–H and O–H groups in total. The van der Waals surface area contributed by atoms with Gasteiger partial charge in [0.15, 0.2) is 0 Å². The average molecular weight is 459 g/mol. The number of ether oxygens (including phenoxy) is 1. The highest BCUT2D eigenvalue weighted by molar-refractivity contribution is 9.11. The maximum atomic E-state index is 11.8. The topological polar surface area (TPSA) is 64.1 Å². The standard InChI is InChI=1S/C11H11Br3N2O3/c12-2-1-6-5-16(11(18)15-10(6)17)9-3-7(14)8(4-13)19-9/h1-2,5,7-9H,3-4H2,(H,15,17,18)/b2-1+/t7?,8-,9-/m0/s1. The van der Waals surface area contributed by atoms with Crippen LogP contribution in [0.5, 0.6) is 0 Å². The van der Waals surface area contributed by atoms with Crippen molar-refractivity contribution in [2.75, 3.05) is 5.33 Å². The van der Waals surface area contributed by atoms with Gasteiger partial charge in [-0.3, -0.25) is 14.3 Å². The van der Waals surface area contributed by atoms with E-state index in [4.69, 9.17) is 4.74 Å². The van der Waals surface area contributed by atoms with Crippen LogP contribution < -0.4 is 11.2 Å². The lowest BCUT2D eigenvalue weighted by molar-refractivity contribution is 0.0112. The largest absolute Gasteiger partial charge is 0.353 e. The molecule has 19 heavy (non-hydrogen) atoms. The van der Waals surface area contributed by atoms with Crippen molar-refractivity contribution in [2.24, 2.45) is 0 Å². The smallest absolute Gasteiger partial charge is 0.330 e. The van der Waals surface area contributed by atoms with Crippen LogP contribution in [-0.2, 0) is 4.74 Å². The summed E-state index contributed by atoms with van der Waals surface area (Å²) in [6.07, 6.45) is 3.38. The zero-order valence-electron chi connectivity index (χ0n) is 9.68. The molecule has 8 heteroatoms. The monoisotopic (exact) mass is 456 g/mol. The predicted octanol–water partition coefficient (Wildman–Crippen LogP) is 2.35. The minimum absolute atomic E-state index is 0.000930. The normalized spacial score (nSPS) is 27.2. The molecule has 1 aromatic rings. The lowest BCUT2D eigenvalue weighted by Gasteiger charge is -2.14. The Morgan fingerprint density at radius 1 is 1.53 bits per heavy atom. The van der Waals surface area contributed by atoms with Gasteiger partial charge in [-0.1, -0.05) is 47.8 Å². The van der Waals surface area contributed by atoms with E-state index in [1.807, 2.05) is 0 Å². The number of aromatic amines is 1. The molecule has 1 aromatic heterocycles. The van der Waals surface area contributed by atoms with Gasteiger partial charge < -0.3 is 4.74 Å². The molecule has 0 aromatic carbocycles. The zero-order valence-corrected chi connectivity index (χ0v) is 14.4. The fourth-order valence-corrected chi connectivity index (χ4v) is 3.92. The highest BCUT2D eigenvalue weighted by Crippen LogP contribution is 2.33. The molecule has 0 amide bonds. The molecule has 2 heterocycles. The number of rotatable bonds is 3. The van der Waals surface area contributed by atoms with Gasteiger partial charge >= 0.3 is 5.69 Å². The molecule has 5 nitrogen and oxygen atoms in total. The molecular weight excluding hydrogens is 448 g/mol. The number of alkyl halides is 2. The summed E-state index contributed by atoms with van der Waals surface area (Å²) in [7, 11) is 0. The Morgan fingerprint density at radius 2 is 2.26 bits per heavy atom. The van der Waals surface area contributed by atoms with Gasteiger partial charge in [0, 0.05) is 22.8 Å². The molecule has 1 fully saturated rings. The number of hydrogen-bond acceptors (Lipinski definition) is 3. The van der Waals surface area contributed by atoms with E-state index in [1.54, 1.807) is 11.1 Å². The number of aromatic nitrogens is 2. The number of H-pyrrole nitrogens is 1. The van der Waals surface area contributed by atoms with Gasteiger partial charge in [-0.25, -0.2) is 4.79 Å². The summed E-state index contributed by atoms with van der Waals surface area (Å²) in [5.41, 5.74) is -0.479. The number of hydrogen-bond donors (Lipinski definition) is 1. The van der Waals surface area contributed by atoms with E-state index in [1.165, 1.54) is 10.8 Å². The van der Waals surface area contributed by atoms with Crippen LogP contribution in [-0.4, -0.2) is 25.8 Å². The SMILES string of the molecule is O=c1[nH]c(=O)n([C@@H]2CC(Br)[C@H](CBr)O2)cc1/C=C/Br. The van der Waals surface area contributed by atoms with Gasteiger partial charge in [0.05, 0.1) is 11.7 Å². The van der Waals surface area contributed by atoms with E-state index in [-0.39, 0.29) is 17.2 Å². The molecule has 1 saturated heterocycles. The van der Waals surface area contributed by atoms with Crippen LogP contribution in [0.15, 0.2) is 20.8 Å². The van der Waals surface area contributed by atoms with Gasteiger partial charge in [0.1, 0.15) is 6.23 Å². The third kappa shape index (κ3) is 3.29. The molecule has 0 spiro atoms. The number of nitrogens with one attached hydrogen (secondary N) is 1. The third-order valence-electron chi connectivity index (χ3n) is 2.86. The first-order chi connectivity index (χ1) is 9.06. The molecule has 2 rings (SSSR count). The summed E-state index contributed by atoms with van der Waals surface area (Å²) in [6, 6.07) is 0. The van der Waals surface area contributed by atoms with Crippen molar-refractivity contribution in [1.29, 1.82) is 0 Å². The van der Waals surface area contributed by atoms with E-state index >= 15 is 0 Å². The van der Waals surface area contributed by atoms with Crippen LogP contribution in [0.1, 0.15) is 18.2 Å². The molecule has 0 bridgehead atoms. The summed E-state index contributed by atoms with van der Waals surface area (Å²) in [4.78, 5) is 27.5. The highest BCUT2D eigenvalue weighted by atomic mass is 79.9. The van der Waals surface area contributed by atoms with Gasteiger partial charge in [0.25, 0.3) is 5.56 Å². The Bertz CT molecular complexity index is 596. The van der Waals surface area contributed by atoms with Crippen molar-refractivity contribution in [1.82, 2.24) is 9.55 Å². The molecule has 104 valence electrons. The van der Waals surface area contributed by atoms with E-state index in [0.29, 0.717) is 17.3 Å². The van der Waals surface area contributed by atoms with Crippen molar-refractivity contribution in [3.63, 3.8) is 0 Å². The molecular formula is C11H11Br3N2O3. The van der Waals surface area contributed by atoms with Gasteiger partial charge in [-0.15, -0.1) is 0 Å². The molecule has 1 aliphatic rings. The first-order valence-electron chi connectivity index (χ1n) is 5.54. The quantitative estimate of drug-likeness (QED) is 0.707. The molecule has 0 saturated carbocycles. The average Bonchev–Trinajstić information content (AvgIpc) is 2.74. The van der Waals surface area contributed by atoms with Crippen molar-refractivity contribution >= 4 is 53.9 Å². The van der Waals surface area contributed by atoms with Crippen molar-refractivity contribution in [3.8, 4) is 0 Å². The Kier molecular flexibility index (Phi) is 5.22. The summed E-state index contributed by atoms with van der Waals surface area (Å²) in [6.45, 7) is 0. The molecule has 0 aliphatic carbocycles. The molecule has 0 radical (unpaired) electrons. The van der Waals surface area contributed by atoms with Crippen LogP contribution >= 0.6 is 47.8 Å². The van der Waals surface area contributed by atoms with Crippen LogP contribution in [0.3, 0.4) is 0 Å². The van der Waals surface area contributed by atoms with Gasteiger partial charge in [-0.05, 0) is 11.1 Å². The van der Waals surface area contributed by atoms with E-state index in [0.717, 1.165) is 0 Å². The van der Waals surface area contributed by atoms with Crippen LogP contribution in [0.25, 0.3) is 6.08 Å². The second-order valence-electron chi connectivity index (χ2n) is 4.08. The van der Waals surface area contributed by atoms with E-state index < -0.39 is 11.2 Å². The highest BCUT2D eigenvalue weighted by Gasteiger charge is 2.34. The van der Waals surface area contributed by atoms with E-state index in [9.17, 15) is 9.59 Å². The summed E-state index contributed by atoms with van der Waals surface area (Å²) in [5, 5.41) is 0.686. The van der Waals surface area contributed by atoms with Crippen molar-refractivity contribution < 1.29 is 4.74 Å². The predicted molar refractivity (Wildman–Crippen MR) is 84.3 cm³/mol. The van der Waals surface area contributed by atoms with Crippen LogP contribution in [0.4, 0.5) is 0 Å². The minimum Gasteiger partial charge on any atom is -0.353 e. The van der Waals surface area contributed by atoms with Crippen molar-refractivity contribution in [3.05, 3.63) is 37.6 Å². The second kappa shape index (κ2) is 6.51. The van der Waals surface area contributed by atoms with Crippen molar-refractivity contribution in [2.45, 2.75) is 23.6 Å². The summed E-state index contributed by atoms with van der Waals surface area (Å²) < 4.78 is 7.19. The Hall–Kier alpha value is -0.180. The molecule has 3 atom stereocenters. The van der Waals surface area contributed by atoms with Gasteiger partial charge in [-0.2, -0.15) is 0 Å². The summed E-state index contributed by atoms with van der Waals surface area (Å²) in [5.74, 6) is 0. The van der Waals surface area contributed by atoms with Crippen LogP contribution in [0, 0.1) is 0 Å². The zero-order chi connectivity index (χ0) is 14.0. The van der Waals surface area contributed by atoms with Gasteiger partial charge in [0.2, 0.25) is 0 Å². The first-order valence-corrected chi connectivity index (χ1v) is 8.49. The lowest BCUT2D eigenvalue weighted by atomic mass is 10.2. The summed E-state index contributed by atoms with van der Waals surface area (Å²) >= 11 is 10.0. The maximum Gasteiger partial charge on any atom is 0.330 e. The fourth-order valence-electron chi connectivity index (χ4n) is 1.90. The Labute approximate surface area is 134 Å². The molecule has 1 unspecified atom stereocenters. The Balaban J connectivity index is 2.38. The van der Waals surface area contributed by atoms with E-state index in [2.05, 4.69) is 52.8 Å². The lowest BCUT2D eigenvalue weighted by Crippen LogP contribution is -2.33. The second-order valence-corrected chi connectivity index (χ2v) is 6.43. The number of nitrogens with zero attached hydrogens (tertiary/aromatic N) is 1.